The Bertz CT molecular complexity index is 869. The molecule has 0 saturated carbocycles. The number of allylic oxidation sites excluding steroid dienone is 5. The van der Waals surface area contributed by atoms with Gasteiger partial charge in [0.05, 0.1) is 6.10 Å². The maximum Gasteiger partial charge on any atom is 0.159 e. The molecule has 0 fully saturated rings. The van der Waals surface area contributed by atoms with Crippen molar-refractivity contribution < 1.29 is 9.90 Å². The van der Waals surface area contributed by atoms with Crippen molar-refractivity contribution in [2.75, 3.05) is 0 Å². The van der Waals surface area contributed by atoms with Crippen molar-refractivity contribution in [1.82, 2.24) is 4.98 Å². The third-order valence-corrected chi connectivity index (χ3v) is 5.21. The second-order valence-corrected chi connectivity index (χ2v) is 9.45. The van der Waals surface area contributed by atoms with Crippen molar-refractivity contribution in [2.45, 2.75) is 114 Å². The van der Waals surface area contributed by atoms with Gasteiger partial charge >= 0.3 is 0 Å². The van der Waals surface area contributed by atoms with Crippen LogP contribution in [0.1, 0.15) is 113 Å². The number of nitrogens with zero attached hydrogens (tertiary/aromatic N) is 2. The van der Waals surface area contributed by atoms with Crippen LogP contribution < -0.4 is 0 Å². The van der Waals surface area contributed by atoms with Crippen LogP contribution >= 0.6 is 11.6 Å². The first-order valence-electron chi connectivity index (χ1n) is 14.0. The van der Waals surface area contributed by atoms with Crippen LogP contribution in [0.5, 0.6) is 0 Å². The fourth-order valence-electron chi connectivity index (χ4n) is 2.68. The van der Waals surface area contributed by atoms with Crippen LogP contribution in [0.3, 0.4) is 0 Å². The van der Waals surface area contributed by atoms with Crippen molar-refractivity contribution in [3.05, 3.63) is 71.2 Å². The number of rotatable bonds is 11. The van der Waals surface area contributed by atoms with Gasteiger partial charge in [0, 0.05) is 41.3 Å². The van der Waals surface area contributed by atoms with Gasteiger partial charge < -0.3 is 5.11 Å². The molecule has 0 atom stereocenters. The molecule has 0 amide bonds. The molecule has 0 bridgehead atoms. The average molecular weight is 547 g/mol. The second-order valence-electron chi connectivity index (χ2n) is 9.20. The minimum absolute atomic E-state index is 0.0294. The summed E-state index contributed by atoms with van der Waals surface area (Å²) in [6, 6.07) is 3.93. The predicted molar refractivity (Wildman–Crippen MR) is 171 cm³/mol. The van der Waals surface area contributed by atoms with E-state index in [1.165, 1.54) is 12.5 Å². The van der Waals surface area contributed by atoms with E-state index in [4.69, 9.17) is 16.7 Å². The van der Waals surface area contributed by atoms with Gasteiger partial charge in [0.1, 0.15) is 0 Å². The number of carbonyl (C=O) groups is 1. The summed E-state index contributed by atoms with van der Waals surface area (Å²) in [5, 5.41) is 9.05. The SMILES string of the molecule is CC.CC.CC(=O)C(/C=C/Cl)=C/C=C/c1ccnc(C/C=C\N=C(C)C(C)(C)C)c1.CCCC(O)CCC. The highest BCUT2D eigenvalue weighted by Gasteiger charge is 2.12. The summed E-state index contributed by atoms with van der Waals surface area (Å²) in [6.07, 6.45) is 17.5. The molecule has 0 aliphatic carbocycles. The Morgan fingerprint density at radius 3 is 2.16 bits per heavy atom. The maximum absolute atomic E-state index is 11.4. The van der Waals surface area contributed by atoms with Gasteiger partial charge in [0.25, 0.3) is 0 Å². The van der Waals surface area contributed by atoms with Crippen molar-refractivity contribution in [2.24, 2.45) is 10.4 Å². The Morgan fingerprint density at radius 2 is 1.68 bits per heavy atom. The summed E-state index contributed by atoms with van der Waals surface area (Å²) >= 11 is 5.54. The summed E-state index contributed by atoms with van der Waals surface area (Å²) in [6.45, 7) is 22.2. The fourth-order valence-corrected chi connectivity index (χ4v) is 2.81. The standard InChI is InChI=1S/C22H27ClN2O.C7H16O.2C2H6/c1-17(26)20(11-13-23)9-6-8-19-12-15-25-21(16-19)10-7-14-24-18(2)22(3,4)5;1-3-5-7(8)6-4-2;2*1-2/h6-9,11-16H,10H2,1-5H3;7-8H,3-6H2,1-2H3;2*1-2H3/b8-6+,13-11+,14-7-,20-9+,24-18?;;;. The van der Waals surface area contributed by atoms with Crippen molar-refractivity contribution in [3.63, 3.8) is 0 Å². The zero-order valence-electron chi connectivity index (χ0n) is 26.0. The number of Topliss-reactive ketones (excluding diaryl/α,β-unsaturated/α-hetero) is 1. The molecule has 0 radical (unpaired) electrons. The van der Waals surface area contributed by atoms with E-state index in [9.17, 15) is 4.79 Å². The maximum atomic E-state index is 11.4. The van der Waals surface area contributed by atoms with E-state index in [0.717, 1.165) is 42.7 Å². The molecule has 0 aromatic carbocycles. The van der Waals surface area contributed by atoms with Gasteiger partial charge in [-0.15, -0.1) is 0 Å². The fraction of sp³-hybridized carbons (Fsp3) is 0.545. The topological polar surface area (TPSA) is 62.5 Å². The molecule has 5 heteroatoms. The number of carbonyl (C=O) groups excluding carboxylic acids is 1. The van der Waals surface area contributed by atoms with E-state index < -0.39 is 0 Å². The highest BCUT2D eigenvalue weighted by Crippen LogP contribution is 2.15. The number of aromatic nitrogens is 1. The van der Waals surface area contributed by atoms with Gasteiger partial charge in [-0.3, -0.25) is 14.8 Å². The molecule has 1 rings (SSSR count). The molecular formula is C33H55ClN2O2. The van der Waals surface area contributed by atoms with Gasteiger partial charge in [-0.2, -0.15) is 0 Å². The number of ketones is 1. The predicted octanol–water partition coefficient (Wildman–Crippen LogP) is 9.93. The minimum atomic E-state index is -0.0370. The third-order valence-electron chi connectivity index (χ3n) is 5.08. The molecule has 0 saturated heterocycles. The third kappa shape index (κ3) is 22.9. The van der Waals surface area contributed by atoms with E-state index >= 15 is 0 Å². The summed E-state index contributed by atoms with van der Waals surface area (Å²) < 4.78 is 0. The Balaban J connectivity index is -0.000000859. The monoisotopic (exact) mass is 546 g/mol. The normalized spacial score (nSPS) is 12.2. The lowest BCUT2D eigenvalue weighted by molar-refractivity contribution is -0.113. The molecule has 1 aromatic rings. The molecule has 0 spiro atoms. The summed E-state index contributed by atoms with van der Waals surface area (Å²) in [4.78, 5) is 20.3. The van der Waals surface area contributed by atoms with E-state index in [-0.39, 0.29) is 17.3 Å². The number of aliphatic hydroxyl groups excluding tert-OH is 1. The summed E-state index contributed by atoms with van der Waals surface area (Å²) in [5.74, 6) is -0.0294. The molecule has 4 nitrogen and oxygen atoms in total. The Kier molecular flexibility index (Phi) is 27.8. The van der Waals surface area contributed by atoms with Crippen LogP contribution in [0.4, 0.5) is 0 Å². The molecule has 0 aliphatic heterocycles. The zero-order valence-corrected chi connectivity index (χ0v) is 26.8. The number of pyridine rings is 1. The van der Waals surface area contributed by atoms with E-state index in [0.29, 0.717) is 12.0 Å². The number of aliphatic imine (C=N–C) groups is 1. The van der Waals surface area contributed by atoms with Gasteiger partial charge in [0.2, 0.25) is 0 Å². The molecule has 38 heavy (non-hydrogen) atoms. The highest BCUT2D eigenvalue weighted by molar-refractivity contribution is 6.25. The van der Waals surface area contributed by atoms with Gasteiger partial charge in [-0.25, -0.2) is 0 Å². The van der Waals surface area contributed by atoms with Crippen LogP contribution in [0, 0.1) is 5.41 Å². The first-order chi connectivity index (χ1) is 18.0. The lowest BCUT2D eigenvalue weighted by Gasteiger charge is -2.16. The number of aliphatic hydroxyl groups is 1. The second kappa shape index (κ2) is 26.3. The lowest BCUT2D eigenvalue weighted by atomic mass is 9.91. The molecule has 1 N–H and O–H groups in total. The molecule has 0 unspecified atom stereocenters. The number of hydrogen-bond donors (Lipinski definition) is 1. The number of halogens is 1. The van der Waals surface area contributed by atoms with Crippen LogP contribution in [0.15, 0.2) is 64.9 Å². The average Bonchev–Trinajstić information content (AvgIpc) is 2.88. The highest BCUT2D eigenvalue weighted by atomic mass is 35.5. The van der Waals surface area contributed by atoms with Gasteiger partial charge in [-0.1, -0.05) is 111 Å². The first kappa shape index (κ1) is 40.2. The Hall–Kier alpha value is -2.30. The quantitative estimate of drug-likeness (QED) is 0.170. The summed E-state index contributed by atoms with van der Waals surface area (Å²) in [7, 11) is 0. The van der Waals surface area contributed by atoms with Crippen molar-refractivity contribution in [3.8, 4) is 0 Å². The molecule has 1 aromatic heterocycles. The summed E-state index contributed by atoms with van der Waals surface area (Å²) in [5.41, 5.74) is 5.05. The first-order valence-corrected chi connectivity index (χ1v) is 14.5. The smallest absolute Gasteiger partial charge is 0.159 e. The van der Waals surface area contributed by atoms with Crippen molar-refractivity contribution in [1.29, 1.82) is 0 Å². The van der Waals surface area contributed by atoms with Crippen LogP contribution in [-0.2, 0) is 11.2 Å². The van der Waals surface area contributed by atoms with Crippen LogP contribution in [0.25, 0.3) is 6.08 Å². The number of hydrogen-bond acceptors (Lipinski definition) is 4. The largest absolute Gasteiger partial charge is 0.393 e. The molecular weight excluding hydrogens is 492 g/mol. The Labute approximate surface area is 239 Å². The van der Waals surface area contributed by atoms with Gasteiger partial charge in [0.15, 0.2) is 5.78 Å². The molecule has 0 aliphatic rings. The van der Waals surface area contributed by atoms with Crippen molar-refractivity contribution >= 4 is 29.2 Å². The Morgan fingerprint density at radius 1 is 1.11 bits per heavy atom. The molecule has 216 valence electrons. The van der Waals surface area contributed by atoms with Gasteiger partial charge in [-0.05, 0) is 55.9 Å². The zero-order chi connectivity index (χ0) is 30.0. The van der Waals surface area contributed by atoms with Crippen LogP contribution in [0.2, 0.25) is 0 Å². The lowest BCUT2D eigenvalue weighted by Crippen LogP contribution is -2.16. The molecule has 1 heterocycles. The van der Waals surface area contributed by atoms with E-state index in [1.54, 1.807) is 18.3 Å². The van der Waals surface area contributed by atoms with E-state index in [1.807, 2.05) is 71.2 Å². The van der Waals surface area contributed by atoms with E-state index in [2.05, 4.69) is 44.6 Å². The minimum Gasteiger partial charge on any atom is -0.393 e. The van der Waals surface area contributed by atoms with Crippen LogP contribution in [-0.4, -0.2) is 27.7 Å².